The van der Waals surface area contributed by atoms with Gasteiger partial charge in [0.1, 0.15) is 5.76 Å². The molecule has 0 spiro atoms. The highest BCUT2D eigenvalue weighted by Gasteiger charge is 1.95. The van der Waals surface area contributed by atoms with E-state index in [-0.39, 0.29) is 7.19 Å². The van der Waals surface area contributed by atoms with Crippen LogP contribution in [0.3, 0.4) is 0 Å². The summed E-state index contributed by atoms with van der Waals surface area (Å²) in [5.41, 5.74) is 3.02. The van der Waals surface area contributed by atoms with Crippen LogP contribution in [0.25, 0.3) is 0 Å². The van der Waals surface area contributed by atoms with E-state index in [9.17, 15) is 0 Å². The maximum atomic E-state index is 9.09. The van der Waals surface area contributed by atoms with Gasteiger partial charge in [-0.05, 0) is 26.8 Å². The summed E-state index contributed by atoms with van der Waals surface area (Å²) in [6, 6.07) is 0. The lowest BCUT2D eigenvalue weighted by Gasteiger charge is -2.00. The third kappa shape index (κ3) is 3.24. The van der Waals surface area contributed by atoms with Gasteiger partial charge in [-0.25, -0.2) is 0 Å². The number of aliphatic hydroxyl groups excluding tert-OH is 1. The SMILES string of the molecule is C=C/C(=C/C(C)=C(C)C)C(=C)O.[HH]. The fourth-order valence-electron chi connectivity index (χ4n) is 0.638. The molecule has 0 aliphatic heterocycles. The first-order chi connectivity index (χ1) is 5.49. The molecular formula is C11H18O. The minimum atomic E-state index is 0. The minimum absolute atomic E-state index is 0. The third-order valence-electron chi connectivity index (χ3n) is 1.71. The molecule has 0 aromatic rings. The molecule has 0 radical (unpaired) electrons. The average molecular weight is 166 g/mol. The van der Waals surface area contributed by atoms with E-state index in [1.807, 2.05) is 26.8 Å². The van der Waals surface area contributed by atoms with Gasteiger partial charge in [-0.1, -0.05) is 30.4 Å². The summed E-state index contributed by atoms with van der Waals surface area (Å²) in [4.78, 5) is 0. The monoisotopic (exact) mass is 166 g/mol. The van der Waals surface area contributed by atoms with Crippen LogP contribution in [-0.2, 0) is 0 Å². The molecule has 0 atom stereocenters. The van der Waals surface area contributed by atoms with Gasteiger partial charge >= 0.3 is 0 Å². The number of allylic oxidation sites excluding steroid dienone is 4. The van der Waals surface area contributed by atoms with Gasteiger partial charge in [0.25, 0.3) is 0 Å². The van der Waals surface area contributed by atoms with Crippen LogP contribution in [0.5, 0.6) is 0 Å². The molecule has 0 aliphatic carbocycles. The molecule has 0 aromatic carbocycles. The van der Waals surface area contributed by atoms with Gasteiger partial charge in [0.05, 0.1) is 0 Å². The smallest absolute Gasteiger partial charge is 0.115 e. The summed E-state index contributed by atoms with van der Waals surface area (Å²) in [6.07, 6.45) is 3.46. The molecule has 68 valence electrons. The summed E-state index contributed by atoms with van der Waals surface area (Å²) in [5.74, 6) is 0.0607. The number of aliphatic hydroxyl groups is 1. The normalized spacial score (nSPS) is 10.8. The van der Waals surface area contributed by atoms with Crippen molar-refractivity contribution in [2.45, 2.75) is 20.8 Å². The van der Waals surface area contributed by atoms with Crippen molar-refractivity contribution in [3.8, 4) is 0 Å². The minimum Gasteiger partial charge on any atom is -0.508 e. The first-order valence-corrected chi connectivity index (χ1v) is 3.85. The molecule has 0 saturated carbocycles. The van der Waals surface area contributed by atoms with Crippen LogP contribution in [0.1, 0.15) is 22.2 Å². The highest BCUT2D eigenvalue weighted by Crippen LogP contribution is 2.12. The molecule has 0 rings (SSSR count). The highest BCUT2D eigenvalue weighted by molar-refractivity contribution is 5.39. The molecule has 1 N–H and O–H groups in total. The van der Waals surface area contributed by atoms with E-state index in [4.69, 9.17) is 5.11 Å². The van der Waals surface area contributed by atoms with E-state index in [1.54, 1.807) is 6.08 Å². The van der Waals surface area contributed by atoms with Gasteiger partial charge in [-0.2, -0.15) is 0 Å². The molecule has 1 nitrogen and oxygen atoms in total. The molecule has 0 heterocycles. The van der Waals surface area contributed by atoms with Gasteiger partial charge in [0.2, 0.25) is 0 Å². The van der Waals surface area contributed by atoms with Gasteiger partial charge in [0, 0.05) is 7.00 Å². The van der Waals surface area contributed by atoms with Gasteiger partial charge in [-0.3, -0.25) is 0 Å². The Balaban J connectivity index is 0. The van der Waals surface area contributed by atoms with Crippen molar-refractivity contribution >= 4 is 0 Å². The molecule has 0 aliphatic rings. The molecule has 0 unspecified atom stereocenters. The number of hydrogen-bond acceptors (Lipinski definition) is 1. The van der Waals surface area contributed by atoms with Gasteiger partial charge in [0.15, 0.2) is 0 Å². The Hall–Kier alpha value is -1.24. The third-order valence-corrected chi connectivity index (χ3v) is 1.71. The first kappa shape index (κ1) is 10.8. The lowest BCUT2D eigenvalue weighted by Crippen LogP contribution is -1.84. The summed E-state index contributed by atoms with van der Waals surface area (Å²) in [5, 5.41) is 9.09. The van der Waals surface area contributed by atoms with Crippen LogP contribution < -0.4 is 0 Å². The van der Waals surface area contributed by atoms with E-state index in [0.29, 0.717) is 5.57 Å². The second-order valence-corrected chi connectivity index (χ2v) is 2.93. The Morgan fingerprint density at radius 1 is 1.33 bits per heavy atom. The van der Waals surface area contributed by atoms with Gasteiger partial charge in [-0.15, -0.1) is 0 Å². The lowest BCUT2D eigenvalue weighted by atomic mass is 10.1. The van der Waals surface area contributed by atoms with Crippen molar-refractivity contribution in [3.63, 3.8) is 0 Å². The van der Waals surface area contributed by atoms with Crippen LogP contribution in [-0.4, -0.2) is 5.11 Å². The van der Waals surface area contributed by atoms with Crippen LogP contribution >= 0.6 is 0 Å². The molecule has 0 amide bonds. The van der Waals surface area contributed by atoms with E-state index in [2.05, 4.69) is 13.2 Å². The Bertz CT molecular complexity index is 255. The lowest BCUT2D eigenvalue weighted by molar-refractivity contribution is 0.429. The number of hydrogen-bond donors (Lipinski definition) is 1. The molecule has 1 heteroatoms. The fraction of sp³-hybridized carbons (Fsp3) is 0.273. The Labute approximate surface area is 75.9 Å². The van der Waals surface area contributed by atoms with Crippen molar-refractivity contribution in [3.05, 3.63) is 47.8 Å². The van der Waals surface area contributed by atoms with Crippen LogP contribution in [0.4, 0.5) is 0 Å². The fourth-order valence-corrected chi connectivity index (χ4v) is 0.638. The molecule has 0 bridgehead atoms. The molecule has 0 saturated heterocycles. The summed E-state index contributed by atoms with van der Waals surface area (Å²) in [6.45, 7) is 13.0. The first-order valence-electron chi connectivity index (χ1n) is 3.85. The average Bonchev–Trinajstić information content (AvgIpc) is 1.98. The summed E-state index contributed by atoms with van der Waals surface area (Å²) >= 11 is 0. The van der Waals surface area contributed by atoms with Gasteiger partial charge < -0.3 is 5.11 Å². The Morgan fingerprint density at radius 3 is 2.08 bits per heavy atom. The van der Waals surface area contributed by atoms with E-state index < -0.39 is 0 Å². The molecule has 0 aromatic heterocycles. The topological polar surface area (TPSA) is 20.2 Å². The predicted octanol–water partition coefficient (Wildman–Crippen LogP) is 3.77. The van der Waals surface area contributed by atoms with Crippen LogP contribution in [0, 0.1) is 0 Å². The molecule has 0 fully saturated rings. The van der Waals surface area contributed by atoms with Crippen LogP contribution in [0.15, 0.2) is 47.8 Å². The van der Waals surface area contributed by atoms with E-state index >= 15 is 0 Å². The largest absolute Gasteiger partial charge is 0.508 e. The number of rotatable bonds is 3. The standard InChI is InChI=1S/C11H16O.H2/c1-6-11(10(5)12)7-9(4)8(2)3;/h6-7,12H,1,5H2,2-4H3;1H/b11-7-;. The zero-order valence-corrected chi connectivity index (χ0v) is 8.02. The van der Waals surface area contributed by atoms with Crippen molar-refractivity contribution in [1.29, 1.82) is 0 Å². The van der Waals surface area contributed by atoms with Crippen molar-refractivity contribution < 1.29 is 6.53 Å². The van der Waals surface area contributed by atoms with Crippen molar-refractivity contribution in [1.82, 2.24) is 0 Å². The van der Waals surface area contributed by atoms with E-state index in [0.717, 1.165) is 5.57 Å². The maximum absolute atomic E-state index is 9.09. The van der Waals surface area contributed by atoms with Crippen molar-refractivity contribution in [2.75, 3.05) is 0 Å². The Kier molecular flexibility index (Phi) is 4.12. The zero-order valence-electron chi connectivity index (χ0n) is 8.02. The summed E-state index contributed by atoms with van der Waals surface area (Å²) < 4.78 is 0. The van der Waals surface area contributed by atoms with Crippen LogP contribution in [0.2, 0.25) is 0 Å². The molecule has 12 heavy (non-hydrogen) atoms. The highest BCUT2D eigenvalue weighted by atomic mass is 16.3. The van der Waals surface area contributed by atoms with E-state index in [1.165, 1.54) is 5.57 Å². The quantitative estimate of drug-likeness (QED) is 0.499. The zero-order chi connectivity index (χ0) is 9.72. The predicted molar refractivity (Wildman–Crippen MR) is 56.2 cm³/mol. The maximum Gasteiger partial charge on any atom is 0.115 e. The second kappa shape index (κ2) is 4.60. The second-order valence-electron chi connectivity index (χ2n) is 2.93. The summed E-state index contributed by atoms with van der Waals surface area (Å²) in [7, 11) is 0. The van der Waals surface area contributed by atoms with Crippen molar-refractivity contribution in [2.24, 2.45) is 0 Å². The Morgan fingerprint density at radius 2 is 1.83 bits per heavy atom. The molecular weight excluding hydrogens is 148 g/mol.